The maximum atomic E-state index is 5.22. The molecule has 0 aromatic carbocycles. The van der Waals surface area contributed by atoms with Gasteiger partial charge in [-0.1, -0.05) is 5.16 Å². The van der Waals surface area contributed by atoms with Crippen molar-refractivity contribution in [2.45, 2.75) is 31.9 Å². The van der Waals surface area contributed by atoms with Crippen LogP contribution >= 0.6 is 0 Å². The molecule has 6 heteroatoms. The molecule has 1 aliphatic carbocycles. The number of ether oxygens (including phenoxy) is 1. The number of anilines is 1. The summed E-state index contributed by atoms with van der Waals surface area (Å²) in [5.74, 6) is 2.96. The van der Waals surface area contributed by atoms with Gasteiger partial charge < -0.3 is 14.2 Å². The van der Waals surface area contributed by atoms with Gasteiger partial charge in [0.25, 0.3) is 5.89 Å². The number of fused-ring (bicyclic) bond motifs is 2. The Morgan fingerprint density at radius 3 is 3.00 bits per heavy atom. The molecule has 1 aliphatic heterocycles. The predicted molar refractivity (Wildman–Crippen MR) is 76.7 cm³/mol. The predicted octanol–water partition coefficient (Wildman–Crippen LogP) is 2.27. The van der Waals surface area contributed by atoms with Crippen molar-refractivity contribution >= 4 is 5.82 Å². The highest BCUT2D eigenvalue weighted by Gasteiger charge is 2.38. The van der Waals surface area contributed by atoms with Crippen LogP contribution in [-0.2, 0) is 11.3 Å². The zero-order chi connectivity index (χ0) is 14.2. The van der Waals surface area contributed by atoms with Gasteiger partial charge in [-0.15, -0.1) is 0 Å². The Balaban J connectivity index is 1.53. The first kappa shape index (κ1) is 12.8. The number of piperidine rings is 1. The van der Waals surface area contributed by atoms with Crippen molar-refractivity contribution in [1.29, 1.82) is 0 Å². The standard InChI is InChI=1S/C15H18N4O2/c1-20-9-13-17-15(21-18-13)11-3-5-14(16-7-11)19-8-10-2-4-12(19)6-10/h3,5,7,10,12H,2,4,6,8-9H2,1H3/t10-,12-/m0/s1. The van der Waals surface area contributed by atoms with E-state index < -0.39 is 0 Å². The van der Waals surface area contributed by atoms with E-state index in [1.165, 1.54) is 19.3 Å². The van der Waals surface area contributed by atoms with E-state index >= 15 is 0 Å². The van der Waals surface area contributed by atoms with E-state index in [9.17, 15) is 0 Å². The summed E-state index contributed by atoms with van der Waals surface area (Å²) in [6, 6.07) is 4.74. The summed E-state index contributed by atoms with van der Waals surface area (Å²) in [5, 5.41) is 3.86. The summed E-state index contributed by atoms with van der Waals surface area (Å²) in [4.78, 5) is 11.3. The van der Waals surface area contributed by atoms with Crippen LogP contribution < -0.4 is 4.90 Å². The Hall–Kier alpha value is -1.95. The number of rotatable bonds is 4. The molecule has 0 amide bonds. The van der Waals surface area contributed by atoms with Crippen LogP contribution in [0.15, 0.2) is 22.9 Å². The minimum absolute atomic E-state index is 0.353. The van der Waals surface area contributed by atoms with Crippen LogP contribution in [0, 0.1) is 5.92 Å². The molecule has 0 N–H and O–H groups in total. The number of pyridine rings is 1. The summed E-state index contributed by atoms with van der Waals surface area (Å²) >= 11 is 0. The monoisotopic (exact) mass is 286 g/mol. The van der Waals surface area contributed by atoms with Gasteiger partial charge in [-0.3, -0.25) is 0 Å². The highest BCUT2D eigenvalue weighted by atomic mass is 16.5. The fraction of sp³-hybridized carbons (Fsp3) is 0.533. The summed E-state index contributed by atoms with van der Waals surface area (Å²) < 4.78 is 10.2. The van der Waals surface area contributed by atoms with Gasteiger partial charge in [-0.25, -0.2) is 4.98 Å². The first-order valence-corrected chi connectivity index (χ1v) is 7.38. The SMILES string of the molecule is COCc1noc(-c2ccc(N3C[C@H]4CC[C@H]3C4)nc2)n1. The van der Waals surface area contributed by atoms with Gasteiger partial charge in [-0.2, -0.15) is 4.98 Å². The minimum atomic E-state index is 0.353. The first-order valence-electron chi connectivity index (χ1n) is 7.38. The third kappa shape index (κ3) is 2.29. The molecule has 2 aliphatic rings. The molecule has 1 saturated carbocycles. The number of aromatic nitrogens is 3. The minimum Gasteiger partial charge on any atom is -0.377 e. The van der Waals surface area contributed by atoms with E-state index in [4.69, 9.17) is 9.26 Å². The summed E-state index contributed by atoms with van der Waals surface area (Å²) in [6.07, 6.45) is 5.82. The van der Waals surface area contributed by atoms with Crippen molar-refractivity contribution in [3.05, 3.63) is 24.2 Å². The van der Waals surface area contributed by atoms with E-state index in [0.717, 1.165) is 23.8 Å². The summed E-state index contributed by atoms with van der Waals surface area (Å²) in [6.45, 7) is 1.50. The molecule has 2 fully saturated rings. The van der Waals surface area contributed by atoms with Gasteiger partial charge in [0.2, 0.25) is 0 Å². The van der Waals surface area contributed by atoms with Gasteiger partial charge >= 0.3 is 0 Å². The van der Waals surface area contributed by atoms with Crippen LogP contribution in [0.4, 0.5) is 5.82 Å². The third-order valence-electron chi connectivity index (χ3n) is 4.44. The van der Waals surface area contributed by atoms with Crippen LogP contribution in [-0.4, -0.2) is 34.8 Å². The van der Waals surface area contributed by atoms with E-state index in [-0.39, 0.29) is 0 Å². The molecule has 21 heavy (non-hydrogen) atoms. The molecule has 1 saturated heterocycles. The van der Waals surface area contributed by atoms with E-state index in [1.807, 2.05) is 12.3 Å². The number of hydrogen-bond acceptors (Lipinski definition) is 6. The smallest absolute Gasteiger partial charge is 0.259 e. The molecule has 0 radical (unpaired) electrons. The lowest BCUT2D eigenvalue weighted by Gasteiger charge is -2.27. The van der Waals surface area contributed by atoms with Crippen molar-refractivity contribution in [3.63, 3.8) is 0 Å². The van der Waals surface area contributed by atoms with Crippen molar-refractivity contribution in [2.24, 2.45) is 5.92 Å². The summed E-state index contributed by atoms with van der Waals surface area (Å²) in [5.41, 5.74) is 0.845. The van der Waals surface area contributed by atoms with Crippen LogP contribution in [0.5, 0.6) is 0 Å². The molecule has 2 aromatic heterocycles. The second kappa shape index (κ2) is 5.11. The molecule has 3 heterocycles. The van der Waals surface area contributed by atoms with E-state index in [0.29, 0.717) is 24.4 Å². The highest BCUT2D eigenvalue weighted by molar-refractivity contribution is 5.55. The Labute approximate surface area is 123 Å². The average molecular weight is 286 g/mol. The molecule has 0 unspecified atom stereocenters. The van der Waals surface area contributed by atoms with E-state index in [1.54, 1.807) is 7.11 Å². The lowest BCUT2D eigenvalue weighted by molar-refractivity contribution is 0.174. The zero-order valence-electron chi connectivity index (χ0n) is 12.0. The van der Waals surface area contributed by atoms with Crippen molar-refractivity contribution < 1.29 is 9.26 Å². The summed E-state index contributed by atoms with van der Waals surface area (Å²) in [7, 11) is 1.61. The maximum absolute atomic E-state index is 5.22. The molecule has 0 spiro atoms. The van der Waals surface area contributed by atoms with Gasteiger partial charge in [0.05, 0.1) is 5.56 Å². The second-order valence-corrected chi connectivity index (χ2v) is 5.84. The Bertz CT molecular complexity index is 625. The molecular formula is C15H18N4O2. The molecule has 2 atom stereocenters. The molecule has 2 aromatic rings. The fourth-order valence-corrected chi connectivity index (χ4v) is 3.45. The molecule has 2 bridgehead atoms. The molecular weight excluding hydrogens is 268 g/mol. The topological polar surface area (TPSA) is 64.3 Å². The number of methoxy groups -OCH3 is 1. The maximum Gasteiger partial charge on any atom is 0.259 e. The Morgan fingerprint density at radius 2 is 2.33 bits per heavy atom. The largest absolute Gasteiger partial charge is 0.377 e. The van der Waals surface area contributed by atoms with Crippen molar-refractivity contribution in [2.75, 3.05) is 18.6 Å². The Morgan fingerprint density at radius 1 is 1.38 bits per heavy atom. The van der Waals surface area contributed by atoms with Gasteiger partial charge in [0.1, 0.15) is 12.4 Å². The molecule has 110 valence electrons. The lowest BCUT2D eigenvalue weighted by Crippen LogP contribution is -2.32. The lowest BCUT2D eigenvalue weighted by atomic mass is 10.1. The van der Waals surface area contributed by atoms with Crippen LogP contribution in [0.3, 0.4) is 0 Å². The number of hydrogen-bond donors (Lipinski definition) is 0. The van der Waals surface area contributed by atoms with E-state index in [2.05, 4.69) is 26.1 Å². The molecule has 4 rings (SSSR count). The van der Waals surface area contributed by atoms with Crippen LogP contribution in [0.1, 0.15) is 25.1 Å². The highest BCUT2D eigenvalue weighted by Crippen LogP contribution is 2.39. The van der Waals surface area contributed by atoms with Gasteiger partial charge in [0.15, 0.2) is 5.82 Å². The normalized spacial score (nSPS) is 24.0. The zero-order valence-corrected chi connectivity index (χ0v) is 12.0. The fourth-order valence-electron chi connectivity index (χ4n) is 3.45. The van der Waals surface area contributed by atoms with Crippen molar-refractivity contribution in [1.82, 2.24) is 15.1 Å². The number of nitrogens with zero attached hydrogens (tertiary/aromatic N) is 4. The van der Waals surface area contributed by atoms with Gasteiger partial charge in [-0.05, 0) is 37.3 Å². The average Bonchev–Trinajstić information content (AvgIpc) is 3.24. The molecule has 6 nitrogen and oxygen atoms in total. The second-order valence-electron chi connectivity index (χ2n) is 5.84. The third-order valence-corrected chi connectivity index (χ3v) is 4.44. The van der Waals surface area contributed by atoms with Gasteiger partial charge in [0, 0.05) is 25.9 Å². The quantitative estimate of drug-likeness (QED) is 0.859. The Kier molecular flexibility index (Phi) is 3.11. The van der Waals surface area contributed by atoms with Crippen LogP contribution in [0.25, 0.3) is 11.5 Å². The first-order chi connectivity index (χ1) is 10.3. The van der Waals surface area contributed by atoms with Crippen molar-refractivity contribution in [3.8, 4) is 11.5 Å². The van der Waals surface area contributed by atoms with Crippen LogP contribution in [0.2, 0.25) is 0 Å².